The monoisotopic (exact) mass is 362 g/mol. The van der Waals surface area contributed by atoms with Crippen LogP contribution >= 0.6 is 11.3 Å². The summed E-state index contributed by atoms with van der Waals surface area (Å²) in [5.74, 6) is 0.908. The van der Waals surface area contributed by atoms with Crippen LogP contribution in [-0.2, 0) is 11.2 Å². The number of piperidine rings is 1. The molecule has 4 rings (SSSR count). The Morgan fingerprint density at radius 1 is 1.20 bits per heavy atom. The van der Waals surface area contributed by atoms with Crippen LogP contribution in [0.2, 0.25) is 0 Å². The number of carbonyl (C=O) groups is 2. The third-order valence-corrected chi connectivity index (χ3v) is 6.66. The number of nitrogens with zero attached hydrogens (tertiary/aromatic N) is 3. The van der Waals surface area contributed by atoms with Gasteiger partial charge in [0, 0.05) is 31.1 Å². The minimum atomic E-state index is -0.0837. The van der Waals surface area contributed by atoms with Gasteiger partial charge < -0.3 is 10.2 Å². The van der Waals surface area contributed by atoms with Crippen molar-refractivity contribution in [1.82, 2.24) is 15.2 Å². The Labute approximate surface area is 152 Å². The quantitative estimate of drug-likeness (QED) is 0.899. The van der Waals surface area contributed by atoms with Crippen LogP contribution in [0.5, 0.6) is 0 Å². The number of fused-ring (bicyclic) bond motifs is 1. The maximum absolute atomic E-state index is 12.9. The molecule has 1 N–H and O–H groups in total. The molecule has 3 amide bonds. The van der Waals surface area contributed by atoms with E-state index < -0.39 is 0 Å². The van der Waals surface area contributed by atoms with Crippen molar-refractivity contribution < 1.29 is 9.59 Å². The molecule has 1 aromatic heterocycles. The van der Waals surface area contributed by atoms with Crippen molar-refractivity contribution in [1.29, 1.82) is 0 Å². The molecule has 1 aromatic rings. The van der Waals surface area contributed by atoms with Gasteiger partial charge in [0.15, 0.2) is 5.13 Å². The highest BCUT2D eigenvalue weighted by molar-refractivity contribution is 7.14. The molecule has 1 aliphatic carbocycles. The molecule has 1 saturated carbocycles. The van der Waals surface area contributed by atoms with Crippen molar-refractivity contribution in [3.05, 3.63) is 11.1 Å². The molecule has 2 atom stereocenters. The SMILES string of the molecule is O=C1NCCCN1c1nc(CC(=O)N2CCCC3CCCCC32)cs1. The number of urea groups is 1. The Bertz CT molecular complexity index is 645. The molecule has 3 fully saturated rings. The summed E-state index contributed by atoms with van der Waals surface area (Å²) in [5.41, 5.74) is 0.793. The van der Waals surface area contributed by atoms with Crippen LogP contribution in [0.15, 0.2) is 5.38 Å². The van der Waals surface area contributed by atoms with Gasteiger partial charge in [0.05, 0.1) is 12.1 Å². The van der Waals surface area contributed by atoms with E-state index in [-0.39, 0.29) is 11.9 Å². The molecular formula is C18H26N4O2S. The Hall–Kier alpha value is -1.63. The molecule has 2 saturated heterocycles. The number of likely N-dealkylation sites (tertiary alicyclic amines) is 1. The van der Waals surface area contributed by atoms with Gasteiger partial charge in [0.2, 0.25) is 5.91 Å². The van der Waals surface area contributed by atoms with Crippen molar-refractivity contribution in [3.8, 4) is 0 Å². The van der Waals surface area contributed by atoms with Crippen LogP contribution in [0.3, 0.4) is 0 Å². The Morgan fingerprint density at radius 2 is 2.04 bits per heavy atom. The largest absolute Gasteiger partial charge is 0.339 e. The topological polar surface area (TPSA) is 65.5 Å². The Morgan fingerprint density at radius 3 is 2.92 bits per heavy atom. The summed E-state index contributed by atoms with van der Waals surface area (Å²) in [6, 6.07) is 0.362. The Kier molecular flexibility index (Phi) is 4.92. The highest BCUT2D eigenvalue weighted by Crippen LogP contribution is 2.35. The predicted octanol–water partition coefficient (Wildman–Crippen LogP) is 2.79. The van der Waals surface area contributed by atoms with Gasteiger partial charge in [-0.05, 0) is 38.0 Å². The third kappa shape index (κ3) is 3.52. The zero-order valence-electron chi connectivity index (χ0n) is 14.6. The normalized spacial score (nSPS) is 27.0. The van der Waals surface area contributed by atoms with E-state index in [2.05, 4.69) is 15.2 Å². The van der Waals surface area contributed by atoms with Gasteiger partial charge in [0.25, 0.3) is 0 Å². The fraction of sp³-hybridized carbons (Fsp3) is 0.722. The van der Waals surface area contributed by atoms with Crippen molar-refractivity contribution in [2.75, 3.05) is 24.5 Å². The minimum Gasteiger partial charge on any atom is -0.339 e. The number of hydrogen-bond acceptors (Lipinski definition) is 4. The van der Waals surface area contributed by atoms with E-state index in [0.29, 0.717) is 30.1 Å². The summed E-state index contributed by atoms with van der Waals surface area (Å²) in [6.07, 6.45) is 8.69. The predicted molar refractivity (Wildman–Crippen MR) is 97.9 cm³/mol. The molecule has 2 aliphatic heterocycles. The molecule has 0 aromatic carbocycles. The Balaban J connectivity index is 1.41. The van der Waals surface area contributed by atoms with E-state index in [9.17, 15) is 9.59 Å². The summed E-state index contributed by atoms with van der Waals surface area (Å²) < 4.78 is 0. The maximum Gasteiger partial charge on any atom is 0.323 e. The van der Waals surface area contributed by atoms with Crippen LogP contribution in [0.1, 0.15) is 50.6 Å². The summed E-state index contributed by atoms with van der Waals surface area (Å²) in [6.45, 7) is 2.32. The molecule has 3 heterocycles. The van der Waals surface area contributed by atoms with E-state index in [4.69, 9.17) is 0 Å². The first-order valence-electron chi connectivity index (χ1n) is 9.51. The lowest BCUT2D eigenvalue weighted by atomic mass is 9.78. The summed E-state index contributed by atoms with van der Waals surface area (Å²) in [5, 5.41) is 5.47. The molecule has 7 heteroatoms. The number of rotatable bonds is 3. The van der Waals surface area contributed by atoms with E-state index in [1.807, 2.05) is 5.38 Å². The fourth-order valence-electron chi connectivity index (χ4n) is 4.50. The van der Waals surface area contributed by atoms with E-state index in [1.165, 1.54) is 37.0 Å². The van der Waals surface area contributed by atoms with Gasteiger partial charge in [-0.2, -0.15) is 0 Å². The average molecular weight is 362 g/mol. The van der Waals surface area contributed by atoms with Crippen LogP contribution in [0.4, 0.5) is 9.93 Å². The zero-order valence-corrected chi connectivity index (χ0v) is 15.4. The number of amides is 3. The van der Waals surface area contributed by atoms with Crippen molar-refractivity contribution in [2.45, 2.75) is 57.4 Å². The number of aromatic nitrogens is 1. The average Bonchev–Trinajstić information content (AvgIpc) is 3.09. The molecule has 25 heavy (non-hydrogen) atoms. The van der Waals surface area contributed by atoms with Crippen molar-refractivity contribution >= 4 is 28.4 Å². The van der Waals surface area contributed by atoms with Crippen LogP contribution in [0, 0.1) is 5.92 Å². The fourth-order valence-corrected chi connectivity index (χ4v) is 5.35. The van der Waals surface area contributed by atoms with Gasteiger partial charge in [-0.25, -0.2) is 9.78 Å². The molecule has 136 valence electrons. The van der Waals surface area contributed by atoms with Gasteiger partial charge in [-0.15, -0.1) is 11.3 Å². The minimum absolute atomic E-state index is 0.0837. The number of nitrogens with one attached hydrogen (secondary N) is 1. The number of anilines is 1. The van der Waals surface area contributed by atoms with E-state index in [0.717, 1.165) is 38.0 Å². The number of carbonyl (C=O) groups excluding carboxylic acids is 2. The molecular weight excluding hydrogens is 336 g/mol. The zero-order chi connectivity index (χ0) is 17.2. The maximum atomic E-state index is 12.9. The first-order chi connectivity index (χ1) is 12.2. The van der Waals surface area contributed by atoms with Gasteiger partial charge in [-0.1, -0.05) is 12.8 Å². The van der Waals surface area contributed by atoms with Gasteiger partial charge >= 0.3 is 6.03 Å². The molecule has 6 nitrogen and oxygen atoms in total. The van der Waals surface area contributed by atoms with Gasteiger partial charge in [-0.3, -0.25) is 9.69 Å². The van der Waals surface area contributed by atoms with Crippen LogP contribution in [-0.4, -0.2) is 47.5 Å². The summed E-state index contributed by atoms with van der Waals surface area (Å²) in [4.78, 5) is 33.2. The number of hydrogen-bond donors (Lipinski definition) is 1. The van der Waals surface area contributed by atoms with Crippen molar-refractivity contribution in [2.24, 2.45) is 5.92 Å². The number of thiazole rings is 1. The van der Waals surface area contributed by atoms with E-state index in [1.54, 1.807) is 4.90 Å². The lowest BCUT2D eigenvalue weighted by molar-refractivity contribution is -0.136. The second-order valence-electron chi connectivity index (χ2n) is 7.38. The molecule has 0 radical (unpaired) electrons. The second-order valence-corrected chi connectivity index (χ2v) is 8.21. The molecule has 3 aliphatic rings. The molecule has 0 bridgehead atoms. The summed E-state index contributed by atoms with van der Waals surface area (Å²) in [7, 11) is 0. The van der Waals surface area contributed by atoms with Gasteiger partial charge in [0.1, 0.15) is 0 Å². The smallest absolute Gasteiger partial charge is 0.323 e. The lowest BCUT2D eigenvalue weighted by Crippen LogP contribution is -2.50. The summed E-state index contributed by atoms with van der Waals surface area (Å²) >= 11 is 1.45. The molecule has 0 spiro atoms. The molecule has 2 unspecified atom stereocenters. The van der Waals surface area contributed by atoms with E-state index >= 15 is 0 Å². The van der Waals surface area contributed by atoms with Crippen LogP contribution in [0.25, 0.3) is 0 Å². The lowest BCUT2D eigenvalue weighted by Gasteiger charge is -2.44. The highest BCUT2D eigenvalue weighted by atomic mass is 32.1. The van der Waals surface area contributed by atoms with Crippen LogP contribution < -0.4 is 10.2 Å². The first-order valence-corrected chi connectivity index (χ1v) is 10.4. The standard InChI is InChI=1S/C18H26N4O2S/c23-16(21-9-3-6-13-5-1-2-7-15(13)21)11-14-12-25-18(20-14)22-10-4-8-19-17(22)24/h12-13,15H,1-11H2,(H,19,24). The van der Waals surface area contributed by atoms with Crippen molar-refractivity contribution in [3.63, 3.8) is 0 Å². The third-order valence-electron chi connectivity index (χ3n) is 5.75. The highest BCUT2D eigenvalue weighted by Gasteiger charge is 2.35. The first kappa shape index (κ1) is 16.8. The second kappa shape index (κ2) is 7.32.